The Hall–Kier alpha value is -2.95. The average Bonchev–Trinajstić information content (AvgIpc) is 2.83. The summed E-state index contributed by atoms with van der Waals surface area (Å²) in [6, 6.07) is 10.8. The second kappa shape index (κ2) is 7.74. The molecule has 2 aromatic carbocycles. The molecule has 0 fully saturated rings. The summed E-state index contributed by atoms with van der Waals surface area (Å²) in [7, 11) is 3.15. The number of hydrogen-bond acceptors (Lipinski definition) is 5. The van der Waals surface area contributed by atoms with Gasteiger partial charge in [0.25, 0.3) is 0 Å². The van der Waals surface area contributed by atoms with E-state index in [1.807, 2.05) is 18.2 Å². The van der Waals surface area contributed by atoms with Crippen molar-refractivity contribution < 1.29 is 23.7 Å². The molecule has 0 saturated heterocycles. The van der Waals surface area contributed by atoms with E-state index in [1.54, 1.807) is 38.5 Å². The maximum Gasteiger partial charge on any atom is 0.185 e. The molecule has 0 unspecified atom stereocenters. The molecule has 27 heavy (non-hydrogen) atoms. The molecular weight excluding hydrogens is 344 g/mol. The fraction of sp³-hybridized carbons (Fsp3) is 0.318. The molecule has 3 rings (SSSR count). The van der Waals surface area contributed by atoms with Crippen LogP contribution in [0.2, 0.25) is 0 Å². The molecule has 0 saturated carbocycles. The predicted octanol–water partition coefficient (Wildman–Crippen LogP) is 4.40. The van der Waals surface area contributed by atoms with Crippen molar-refractivity contribution >= 4 is 11.9 Å². The maximum atomic E-state index is 12.6. The lowest BCUT2D eigenvalue weighted by atomic mass is 9.97. The second-order valence-electron chi connectivity index (χ2n) is 7.18. The summed E-state index contributed by atoms with van der Waals surface area (Å²) in [5.41, 5.74) is 1.22. The van der Waals surface area contributed by atoms with Crippen LogP contribution in [0.15, 0.2) is 42.5 Å². The van der Waals surface area contributed by atoms with Gasteiger partial charge in [0, 0.05) is 16.5 Å². The molecule has 0 bridgehead atoms. The first-order valence-electron chi connectivity index (χ1n) is 8.76. The SMILES string of the molecule is COc1cccc(/C=C/C(=O)c2ccc3c(c2)OCC(C)(C)CO3)c1OC. The van der Waals surface area contributed by atoms with E-state index < -0.39 is 0 Å². The molecule has 1 heterocycles. The Morgan fingerprint density at radius 3 is 2.48 bits per heavy atom. The Balaban J connectivity index is 1.82. The highest BCUT2D eigenvalue weighted by molar-refractivity contribution is 6.07. The average molecular weight is 368 g/mol. The molecule has 1 aliphatic rings. The van der Waals surface area contributed by atoms with Crippen LogP contribution >= 0.6 is 0 Å². The van der Waals surface area contributed by atoms with Gasteiger partial charge in [-0.2, -0.15) is 0 Å². The van der Waals surface area contributed by atoms with Gasteiger partial charge in [-0.1, -0.05) is 26.0 Å². The minimum Gasteiger partial charge on any atom is -0.493 e. The van der Waals surface area contributed by atoms with Crippen LogP contribution in [0.3, 0.4) is 0 Å². The number of methoxy groups -OCH3 is 2. The lowest BCUT2D eigenvalue weighted by Crippen LogP contribution is -2.26. The molecule has 0 radical (unpaired) electrons. The molecule has 5 heteroatoms. The Bertz CT molecular complexity index is 867. The van der Waals surface area contributed by atoms with E-state index in [0.29, 0.717) is 41.8 Å². The predicted molar refractivity (Wildman–Crippen MR) is 104 cm³/mol. The molecule has 1 aliphatic heterocycles. The number of para-hydroxylation sites is 1. The van der Waals surface area contributed by atoms with E-state index in [0.717, 1.165) is 5.56 Å². The highest BCUT2D eigenvalue weighted by Crippen LogP contribution is 2.35. The van der Waals surface area contributed by atoms with Gasteiger partial charge in [-0.15, -0.1) is 0 Å². The van der Waals surface area contributed by atoms with Gasteiger partial charge in [0.15, 0.2) is 28.8 Å². The van der Waals surface area contributed by atoms with Crippen LogP contribution in [0.1, 0.15) is 29.8 Å². The highest BCUT2D eigenvalue weighted by Gasteiger charge is 2.25. The summed E-state index contributed by atoms with van der Waals surface area (Å²) in [6.07, 6.45) is 3.23. The summed E-state index contributed by atoms with van der Waals surface area (Å²) in [5.74, 6) is 2.33. The molecule has 0 aliphatic carbocycles. The van der Waals surface area contributed by atoms with Crippen molar-refractivity contribution in [2.75, 3.05) is 27.4 Å². The van der Waals surface area contributed by atoms with E-state index in [-0.39, 0.29) is 11.2 Å². The van der Waals surface area contributed by atoms with Crippen molar-refractivity contribution in [3.05, 3.63) is 53.6 Å². The van der Waals surface area contributed by atoms with Crippen molar-refractivity contribution in [1.82, 2.24) is 0 Å². The van der Waals surface area contributed by atoms with Crippen LogP contribution in [0.25, 0.3) is 6.08 Å². The number of ether oxygens (including phenoxy) is 4. The zero-order chi connectivity index (χ0) is 19.4. The van der Waals surface area contributed by atoms with E-state index >= 15 is 0 Å². The number of allylic oxidation sites excluding steroid dienone is 1. The Kier molecular flexibility index (Phi) is 5.40. The summed E-state index contributed by atoms with van der Waals surface area (Å²) in [4.78, 5) is 12.6. The van der Waals surface area contributed by atoms with Gasteiger partial charge in [0.1, 0.15) is 0 Å². The summed E-state index contributed by atoms with van der Waals surface area (Å²) in [5, 5.41) is 0. The summed E-state index contributed by atoms with van der Waals surface area (Å²) < 4.78 is 22.3. The molecule has 0 spiro atoms. The van der Waals surface area contributed by atoms with Gasteiger partial charge >= 0.3 is 0 Å². The largest absolute Gasteiger partial charge is 0.493 e. The van der Waals surface area contributed by atoms with Crippen LogP contribution in [0.4, 0.5) is 0 Å². The second-order valence-corrected chi connectivity index (χ2v) is 7.18. The van der Waals surface area contributed by atoms with Crippen LogP contribution in [-0.4, -0.2) is 33.2 Å². The molecule has 2 aromatic rings. The number of ketones is 1. The molecule has 0 atom stereocenters. The van der Waals surface area contributed by atoms with E-state index in [4.69, 9.17) is 18.9 Å². The maximum absolute atomic E-state index is 12.6. The molecular formula is C22H24O5. The number of carbonyl (C=O) groups is 1. The standard InChI is InChI=1S/C22H24O5/c1-22(2)13-26-18-11-9-16(12-20(18)27-14-22)17(23)10-8-15-6-5-7-19(24-3)21(15)25-4/h5-12H,13-14H2,1-4H3/b10-8+. The summed E-state index contributed by atoms with van der Waals surface area (Å²) in [6.45, 7) is 5.27. The third kappa shape index (κ3) is 4.25. The van der Waals surface area contributed by atoms with Crippen LogP contribution in [0.5, 0.6) is 23.0 Å². The number of rotatable bonds is 5. The fourth-order valence-electron chi connectivity index (χ4n) is 2.79. The number of hydrogen-bond donors (Lipinski definition) is 0. The van der Waals surface area contributed by atoms with Gasteiger partial charge in [0.05, 0.1) is 27.4 Å². The third-order valence-electron chi connectivity index (χ3n) is 4.31. The van der Waals surface area contributed by atoms with Gasteiger partial charge in [0.2, 0.25) is 0 Å². The van der Waals surface area contributed by atoms with Gasteiger partial charge in [-0.05, 0) is 36.4 Å². The summed E-state index contributed by atoms with van der Waals surface area (Å²) >= 11 is 0. The lowest BCUT2D eigenvalue weighted by Gasteiger charge is -2.19. The highest BCUT2D eigenvalue weighted by atomic mass is 16.5. The van der Waals surface area contributed by atoms with E-state index in [9.17, 15) is 4.79 Å². The van der Waals surface area contributed by atoms with Gasteiger partial charge in [-0.3, -0.25) is 4.79 Å². The van der Waals surface area contributed by atoms with E-state index in [2.05, 4.69) is 13.8 Å². The van der Waals surface area contributed by atoms with Gasteiger partial charge < -0.3 is 18.9 Å². The Morgan fingerprint density at radius 1 is 1.04 bits per heavy atom. The van der Waals surface area contributed by atoms with Crippen molar-refractivity contribution in [1.29, 1.82) is 0 Å². The van der Waals surface area contributed by atoms with Crippen LogP contribution < -0.4 is 18.9 Å². The Morgan fingerprint density at radius 2 is 1.78 bits per heavy atom. The smallest absolute Gasteiger partial charge is 0.185 e. The fourth-order valence-corrected chi connectivity index (χ4v) is 2.79. The first-order chi connectivity index (χ1) is 12.9. The molecule has 5 nitrogen and oxygen atoms in total. The lowest BCUT2D eigenvalue weighted by molar-refractivity contribution is 0.104. The molecule has 0 N–H and O–H groups in total. The first kappa shape index (κ1) is 18.8. The van der Waals surface area contributed by atoms with Crippen molar-refractivity contribution in [3.8, 4) is 23.0 Å². The molecule has 0 amide bonds. The number of carbonyl (C=O) groups excluding carboxylic acids is 1. The zero-order valence-corrected chi connectivity index (χ0v) is 16.1. The number of fused-ring (bicyclic) bond motifs is 1. The normalized spacial score (nSPS) is 15.3. The van der Waals surface area contributed by atoms with Crippen LogP contribution in [0, 0.1) is 5.41 Å². The van der Waals surface area contributed by atoms with Crippen LogP contribution in [-0.2, 0) is 0 Å². The van der Waals surface area contributed by atoms with Gasteiger partial charge in [-0.25, -0.2) is 0 Å². The molecule has 0 aromatic heterocycles. The Labute approximate surface area is 159 Å². The first-order valence-corrected chi connectivity index (χ1v) is 8.76. The quantitative estimate of drug-likeness (QED) is 0.578. The van der Waals surface area contributed by atoms with Crippen molar-refractivity contribution in [2.24, 2.45) is 5.41 Å². The van der Waals surface area contributed by atoms with E-state index in [1.165, 1.54) is 6.08 Å². The third-order valence-corrected chi connectivity index (χ3v) is 4.31. The van der Waals surface area contributed by atoms with Crippen molar-refractivity contribution in [3.63, 3.8) is 0 Å². The topological polar surface area (TPSA) is 54.0 Å². The number of benzene rings is 2. The zero-order valence-electron chi connectivity index (χ0n) is 16.1. The minimum absolute atomic E-state index is 0.0774. The molecule has 142 valence electrons. The van der Waals surface area contributed by atoms with Crippen molar-refractivity contribution in [2.45, 2.75) is 13.8 Å². The monoisotopic (exact) mass is 368 g/mol. The minimum atomic E-state index is -0.130.